The summed E-state index contributed by atoms with van der Waals surface area (Å²) in [7, 11) is 5.59. The molecule has 0 rings (SSSR count). The van der Waals surface area contributed by atoms with Gasteiger partial charge < -0.3 is 31.5 Å². The van der Waals surface area contributed by atoms with Gasteiger partial charge >= 0.3 is 23.9 Å². The fraction of sp³-hybridized carbons (Fsp3) is 0.600. The lowest BCUT2D eigenvalue weighted by Gasteiger charge is -2.23. The van der Waals surface area contributed by atoms with Crippen molar-refractivity contribution in [3.05, 3.63) is 0 Å². The Morgan fingerprint density at radius 1 is 1.05 bits per heavy atom. The highest BCUT2D eigenvalue weighted by Gasteiger charge is 2.23. The molecule has 0 aromatic carbocycles. The smallest absolute Gasteiger partial charge is 0.425 e. The minimum atomic E-state index is -1.51. The van der Waals surface area contributed by atoms with E-state index >= 15 is 0 Å². The minimum Gasteiger partial charge on any atom is -1.00 e. The van der Waals surface area contributed by atoms with Crippen LogP contribution in [0.15, 0.2) is 0 Å². The van der Waals surface area contributed by atoms with Gasteiger partial charge in [-0.2, -0.15) is 0 Å². The Kier molecular flexibility index (Phi) is 8.73. The zero-order valence-electron chi connectivity index (χ0n) is 10.8. The SMILES string of the molecule is C[N+](C)(C)CCOC(=O)C(=O)OC(=O)CC(=O)O.[Cl-]. The topological polar surface area (TPSA) is 107 Å². The van der Waals surface area contributed by atoms with Crippen molar-refractivity contribution in [1.29, 1.82) is 0 Å². The zero-order valence-corrected chi connectivity index (χ0v) is 11.6. The third kappa shape index (κ3) is 11.2. The van der Waals surface area contributed by atoms with Gasteiger partial charge in [0.2, 0.25) is 0 Å². The molecule has 0 amide bonds. The van der Waals surface area contributed by atoms with E-state index in [4.69, 9.17) is 5.11 Å². The average Bonchev–Trinajstić information content (AvgIpc) is 2.13. The number of esters is 3. The third-order valence-electron chi connectivity index (χ3n) is 1.66. The van der Waals surface area contributed by atoms with Crippen molar-refractivity contribution in [3.63, 3.8) is 0 Å². The predicted octanol–water partition coefficient (Wildman–Crippen LogP) is -4.22. The first-order valence-corrected chi connectivity index (χ1v) is 5.06. The second-order valence-corrected chi connectivity index (χ2v) is 4.48. The second-order valence-electron chi connectivity index (χ2n) is 4.48. The number of quaternary nitrogens is 1. The van der Waals surface area contributed by atoms with Gasteiger partial charge in [-0.25, -0.2) is 9.59 Å². The Morgan fingerprint density at radius 2 is 1.58 bits per heavy atom. The number of carbonyl (C=O) groups is 4. The monoisotopic (exact) mass is 297 g/mol. The highest BCUT2D eigenvalue weighted by molar-refractivity contribution is 6.31. The van der Waals surface area contributed by atoms with Crippen LogP contribution in [0, 0.1) is 0 Å². The first kappa shape index (κ1) is 19.7. The van der Waals surface area contributed by atoms with Gasteiger partial charge in [0.15, 0.2) is 0 Å². The van der Waals surface area contributed by atoms with Gasteiger partial charge in [-0.1, -0.05) is 0 Å². The summed E-state index contributed by atoms with van der Waals surface area (Å²) in [5.41, 5.74) is 0. The molecule has 0 unspecified atom stereocenters. The number of carboxylic acid groups (broad SMARTS) is 1. The Balaban J connectivity index is 0. The highest BCUT2D eigenvalue weighted by atomic mass is 35.5. The Labute approximate surface area is 116 Å². The number of ether oxygens (including phenoxy) is 2. The molecule has 0 aliphatic carbocycles. The Hall–Kier alpha value is -1.67. The van der Waals surface area contributed by atoms with Crippen LogP contribution in [0.3, 0.4) is 0 Å². The predicted molar refractivity (Wildman–Crippen MR) is 57.2 cm³/mol. The fourth-order valence-corrected chi connectivity index (χ4v) is 0.776. The molecule has 0 radical (unpaired) electrons. The number of aliphatic carboxylic acids is 1. The average molecular weight is 298 g/mol. The quantitative estimate of drug-likeness (QED) is 0.237. The van der Waals surface area contributed by atoms with E-state index in [-0.39, 0.29) is 19.0 Å². The summed E-state index contributed by atoms with van der Waals surface area (Å²) < 4.78 is 9.05. The third-order valence-corrected chi connectivity index (χ3v) is 1.66. The summed E-state index contributed by atoms with van der Waals surface area (Å²) in [6.07, 6.45) is -0.988. The molecule has 0 aliphatic heterocycles. The standard InChI is InChI=1S/C10H15NO7.ClH/c1-11(2,3)4-5-17-9(15)10(16)18-8(14)6-7(12)13;/h4-6H2,1-3H3;1H. The van der Waals surface area contributed by atoms with Crippen LogP contribution >= 0.6 is 0 Å². The zero-order chi connectivity index (χ0) is 14.3. The molecule has 0 aromatic rings. The summed E-state index contributed by atoms with van der Waals surface area (Å²) in [4.78, 5) is 42.9. The van der Waals surface area contributed by atoms with Crippen molar-refractivity contribution in [2.45, 2.75) is 6.42 Å². The maximum absolute atomic E-state index is 11.0. The van der Waals surface area contributed by atoms with Gasteiger partial charge in [-0.05, 0) is 0 Å². The molecule has 0 saturated heterocycles. The molecule has 0 atom stereocenters. The van der Waals surface area contributed by atoms with E-state index in [0.717, 1.165) is 0 Å². The molecule has 0 aromatic heterocycles. The van der Waals surface area contributed by atoms with Crippen LogP contribution in [0.25, 0.3) is 0 Å². The maximum atomic E-state index is 11.0. The number of hydrogen-bond donors (Lipinski definition) is 1. The minimum absolute atomic E-state index is 0. The molecule has 0 heterocycles. The summed E-state index contributed by atoms with van der Waals surface area (Å²) in [6.45, 7) is 0.465. The van der Waals surface area contributed by atoms with Crippen molar-refractivity contribution < 1.29 is 50.6 Å². The van der Waals surface area contributed by atoms with Crippen LogP contribution in [0.2, 0.25) is 0 Å². The summed E-state index contributed by atoms with van der Waals surface area (Å²) >= 11 is 0. The number of carbonyl (C=O) groups excluding carboxylic acids is 3. The normalized spacial score (nSPS) is 10.1. The molecular formula is C10H16ClNO7. The molecule has 0 saturated carbocycles. The Morgan fingerprint density at radius 3 is 2.00 bits per heavy atom. The van der Waals surface area contributed by atoms with Crippen LogP contribution in [-0.2, 0) is 28.7 Å². The molecular weight excluding hydrogens is 282 g/mol. The Bertz CT molecular complexity index is 361. The number of nitrogens with zero attached hydrogens (tertiary/aromatic N) is 1. The van der Waals surface area contributed by atoms with Gasteiger partial charge in [-0.3, -0.25) is 9.59 Å². The molecule has 1 N–H and O–H groups in total. The van der Waals surface area contributed by atoms with E-state index in [2.05, 4.69) is 9.47 Å². The van der Waals surface area contributed by atoms with E-state index in [1.165, 1.54) is 0 Å². The molecule has 0 fully saturated rings. The van der Waals surface area contributed by atoms with Crippen LogP contribution in [0.1, 0.15) is 6.42 Å². The summed E-state index contributed by atoms with van der Waals surface area (Å²) in [6, 6.07) is 0. The summed E-state index contributed by atoms with van der Waals surface area (Å²) in [5.74, 6) is -5.59. The van der Waals surface area contributed by atoms with E-state index in [1.54, 1.807) is 0 Å². The van der Waals surface area contributed by atoms with Crippen molar-refractivity contribution >= 4 is 23.9 Å². The first-order chi connectivity index (χ1) is 8.11. The van der Waals surface area contributed by atoms with Crippen LogP contribution < -0.4 is 12.4 Å². The highest BCUT2D eigenvalue weighted by Crippen LogP contribution is 1.93. The number of rotatable bonds is 5. The lowest BCUT2D eigenvalue weighted by atomic mass is 10.4. The number of likely N-dealkylation sites (N-methyl/N-ethyl adjacent to an activating group) is 1. The molecule has 0 bridgehead atoms. The van der Waals surface area contributed by atoms with E-state index < -0.39 is 30.3 Å². The van der Waals surface area contributed by atoms with Crippen molar-refractivity contribution in [1.82, 2.24) is 0 Å². The first-order valence-electron chi connectivity index (χ1n) is 5.06. The van der Waals surface area contributed by atoms with E-state index in [1.807, 2.05) is 21.1 Å². The summed E-state index contributed by atoms with van der Waals surface area (Å²) in [5, 5.41) is 8.24. The van der Waals surface area contributed by atoms with Crippen molar-refractivity contribution in [3.8, 4) is 0 Å². The number of hydrogen-bond acceptors (Lipinski definition) is 6. The van der Waals surface area contributed by atoms with Crippen LogP contribution in [0.4, 0.5) is 0 Å². The molecule has 0 spiro atoms. The van der Waals surface area contributed by atoms with Gasteiger partial charge in [0.05, 0.1) is 21.1 Å². The van der Waals surface area contributed by atoms with Gasteiger partial charge in [-0.15, -0.1) is 0 Å². The van der Waals surface area contributed by atoms with Crippen LogP contribution in [0.5, 0.6) is 0 Å². The second kappa shape index (κ2) is 8.44. The molecule has 8 nitrogen and oxygen atoms in total. The van der Waals surface area contributed by atoms with Gasteiger partial charge in [0.25, 0.3) is 0 Å². The maximum Gasteiger partial charge on any atom is 0.425 e. The lowest BCUT2D eigenvalue weighted by molar-refractivity contribution is -0.870. The van der Waals surface area contributed by atoms with E-state index in [0.29, 0.717) is 11.0 Å². The lowest BCUT2D eigenvalue weighted by Crippen LogP contribution is -3.00. The molecule has 0 aliphatic rings. The largest absolute Gasteiger partial charge is 1.00 e. The fourth-order valence-electron chi connectivity index (χ4n) is 0.776. The molecule has 19 heavy (non-hydrogen) atoms. The van der Waals surface area contributed by atoms with Crippen LogP contribution in [-0.4, -0.2) is 67.8 Å². The van der Waals surface area contributed by atoms with Crippen molar-refractivity contribution in [2.24, 2.45) is 0 Å². The molecule has 9 heteroatoms. The van der Waals surface area contributed by atoms with Crippen molar-refractivity contribution in [2.75, 3.05) is 34.3 Å². The molecule has 110 valence electrons. The number of carboxylic acids is 1. The van der Waals surface area contributed by atoms with E-state index in [9.17, 15) is 19.2 Å². The number of halogens is 1. The van der Waals surface area contributed by atoms with Gasteiger partial charge in [0.1, 0.15) is 19.6 Å². The van der Waals surface area contributed by atoms with Gasteiger partial charge in [0, 0.05) is 0 Å².